The monoisotopic (exact) mass is 323 g/mol. The van der Waals surface area contributed by atoms with E-state index in [4.69, 9.17) is 0 Å². The van der Waals surface area contributed by atoms with E-state index in [2.05, 4.69) is 16.5 Å². The number of benzene rings is 2. The van der Waals surface area contributed by atoms with E-state index >= 15 is 0 Å². The average Bonchev–Trinajstić information content (AvgIpc) is 2.87. The number of aryl methyl sites for hydroxylation is 3. The zero-order valence-electron chi connectivity index (χ0n) is 13.8. The minimum atomic E-state index is -0.373. The van der Waals surface area contributed by atoms with Crippen LogP contribution in [0, 0.1) is 26.6 Å². The highest BCUT2D eigenvalue weighted by Gasteiger charge is 2.13. The van der Waals surface area contributed by atoms with E-state index in [1.54, 1.807) is 10.7 Å². The number of carbonyl (C=O) groups is 1. The lowest BCUT2D eigenvalue weighted by atomic mass is 10.1. The first kappa shape index (κ1) is 15.9. The van der Waals surface area contributed by atoms with Crippen molar-refractivity contribution in [3.63, 3.8) is 0 Å². The molecule has 2 aromatic carbocycles. The zero-order valence-corrected chi connectivity index (χ0v) is 13.8. The molecule has 0 fully saturated rings. The Morgan fingerprint density at radius 1 is 1.00 bits per heavy atom. The fourth-order valence-electron chi connectivity index (χ4n) is 2.65. The van der Waals surface area contributed by atoms with E-state index in [9.17, 15) is 9.18 Å². The smallest absolute Gasteiger partial charge is 0.256 e. The molecule has 5 heteroatoms. The van der Waals surface area contributed by atoms with Crippen LogP contribution in [0.5, 0.6) is 0 Å². The largest absolute Gasteiger partial charge is 0.306 e. The van der Waals surface area contributed by atoms with Crippen molar-refractivity contribution in [2.75, 3.05) is 5.32 Å². The Balaban J connectivity index is 1.94. The van der Waals surface area contributed by atoms with Gasteiger partial charge in [-0.3, -0.25) is 4.79 Å². The number of rotatable bonds is 3. The molecule has 0 aliphatic heterocycles. The van der Waals surface area contributed by atoms with Crippen molar-refractivity contribution in [3.05, 3.63) is 76.7 Å². The maximum atomic E-state index is 13.0. The van der Waals surface area contributed by atoms with Crippen LogP contribution in [0.15, 0.2) is 48.5 Å². The van der Waals surface area contributed by atoms with Gasteiger partial charge < -0.3 is 5.32 Å². The van der Waals surface area contributed by atoms with Gasteiger partial charge in [0.15, 0.2) is 0 Å². The summed E-state index contributed by atoms with van der Waals surface area (Å²) in [6.45, 7) is 5.90. The van der Waals surface area contributed by atoms with Gasteiger partial charge in [-0.25, -0.2) is 9.07 Å². The molecule has 0 spiro atoms. The minimum absolute atomic E-state index is 0.305. The molecule has 1 heterocycles. The Hall–Kier alpha value is -2.95. The maximum Gasteiger partial charge on any atom is 0.256 e. The topological polar surface area (TPSA) is 46.9 Å². The SMILES string of the molecule is Cc1cc(C)cc(-n2nc(C)cc2NC(=O)c2ccc(F)cc2)c1. The van der Waals surface area contributed by atoms with E-state index < -0.39 is 0 Å². The van der Waals surface area contributed by atoms with Gasteiger partial charge >= 0.3 is 0 Å². The molecule has 0 unspecified atom stereocenters. The summed E-state index contributed by atoms with van der Waals surface area (Å²) >= 11 is 0. The van der Waals surface area contributed by atoms with Crippen molar-refractivity contribution < 1.29 is 9.18 Å². The average molecular weight is 323 g/mol. The third-order valence-electron chi connectivity index (χ3n) is 3.63. The third-order valence-corrected chi connectivity index (χ3v) is 3.63. The van der Waals surface area contributed by atoms with Crippen molar-refractivity contribution >= 4 is 11.7 Å². The van der Waals surface area contributed by atoms with Gasteiger partial charge in [0.2, 0.25) is 0 Å². The molecule has 0 aliphatic carbocycles. The predicted octanol–water partition coefficient (Wildman–Crippen LogP) is 4.19. The van der Waals surface area contributed by atoms with Crippen molar-refractivity contribution in [1.82, 2.24) is 9.78 Å². The Kier molecular flexibility index (Phi) is 4.16. The Bertz CT molecular complexity index is 877. The van der Waals surface area contributed by atoms with Gasteiger partial charge in [0.1, 0.15) is 11.6 Å². The molecule has 1 N–H and O–H groups in total. The summed E-state index contributed by atoms with van der Waals surface area (Å²) in [7, 11) is 0. The first-order chi connectivity index (χ1) is 11.4. The number of anilines is 1. The highest BCUT2D eigenvalue weighted by molar-refractivity contribution is 6.03. The lowest BCUT2D eigenvalue weighted by Crippen LogP contribution is -2.15. The number of aromatic nitrogens is 2. The van der Waals surface area contributed by atoms with E-state index in [1.165, 1.54) is 24.3 Å². The van der Waals surface area contributed by atoms with Crippen LogP contribution in [0.4, 0.5) is 10.2 Å². The van der Waals surface area contributed by atoms with Gasteiger partial charge in [0.25, 0.3) is 5.91 Å². The van der Waals surface area contributed by atoms with E-state index in [1.807, 2.05) is 32.9 Å². The molecule has 1 amide bonds. The third kappa shape index (κ3) is 3.35. The fraction of sp³-hybridized carbons (Fsp3) is 0.158. The molecule has 0 saturated carbocycles. The normalized spacial score (nSPS) is 10.7. The number of nitrogens with one attached hydrogen (secondary N) is 1. The number of amides is 1. The second kappa shape index (κ2) is 6.28. The van der Waals surface area contributed by atoms with Crippen LogP contribution >= 0.6 is 0 Å². The maximum absolute atomic E-state index is 13.0. The fourth-order valence-corrected chi connectivity index (χ4v) is 2.65. The van der Waals surface area contributed by atoms with Gasteiger partial charge in [-0.05, 0) is 68.3 Å². The van der Waals surface area contributed by atoms with Gasteiger partial charge in [-0.1, -0.05) is 6.07 Å². The van der Waals surface area contributed by atoms with Crippen molar-refractivity contribution in [2.24, 2.45) is 0 Å². The molecule has 0 atom stereocenters. The van der Waals surface area contributed by atoms with Crippen molar-refractivity contribution in [3.8, 4) is 5.69 Å². The molecule has 0 saturated heterocycles. The van der Waals surface area contributed by atoms with Gasteiger partial charge in [-0.2, -0.15) is 5.10 Å². The lowest BCUT2D eigenvalue weighted by Gasteiger charge is -2.10. The number of nitrogens with zero attached hydrogens (tertiary/aromatic N) is 2. The molecule has 0 radical (unpaired) electrons. The standard InChI is InChI=1S/C19H18FN3O/c1-12-8-13(2)10-17(9-12)23-18(11-14(3)22-23)21-19(24)15-4-6-16(20)7-5-15/h4-11H,1-3H3,(H,21,24). The summed E-state index contributed by atoms with van der Waals surface area (Å²) in [5, 5.41) is 7.31. The summed E-state index contributed by atoms with van der Waals surface area (Å²) in [5.41, 5.74) is 4.31. The van der Waals surface area contributed by atoms with Crippen LogP contribution < -0.4 is 5.32 Å². The summed E-state index contributed by atoms with van der Waals surface area (Å²) < 4.78 is 14.7. The highest BCUT2D eigenvalue weighted by Crippen LogP contribution is 2.20. The van der Waals surface area contributed by atoms with Crippen molar-refractivity contribution in [1.29, 1.82) is 0 Å². The number of carbonyl (C=O) groups excluding carboxylic acids is 1. The second-order valence-corrected chi connectivity index (χ2v) is 5.89. The molecule has 4 nitrogen and oxygen atoms in total. The quantitative estimate of drug-likeness (QED) is 0.785. The first-order valence-corrected chi connectivity index (χ1v) is 7.64. The summed E-state index contributed by atoms with van der Waals surface area (Å²) in [4.78, 5) is 12.4. The molecule has 1 aromatic heterocycles. The van der Waals surface area contributed by atoms with Crippen LogP contribution in [0.1, 0.15) is 27.2 Å². The molecule has 0 aliphatic rings. The molecule has 3 rings (SSSR count). The van der Waals surface area contributed by atoms with E-state index in [0.29, 0.717) is 11.4 Å². The zero-order chi connectivity index (χ0) is 17.3. The predicted molar refractivity (Wildman–Crippen MR) is 92.1 cm³/mol. The molecular weight excluding hydrogens is 305 g/mol. The summed E-state index contributed by atoms with van der Waals surface area (Å²) in [6.07, 6.45) is 0. The molecule has 122 valence electrons. The van der Waals surface area contributed by atoms with Gasteiger partial charge in [0.05, 0.1) is 11.4 Å². The lowest BCUT2D eigenvalue weighted by molar-refractivity contribution is 0.102. The molecular formula is C19H18FN3O. The van der Waals surface area contributed by atoms with E-state index in [0.717, 1.165) is 22.5 Å². The summed E-state index contributed by atoms with van der Waals surface area (Å²) in [5.74, 6) is -0.102. The first-order valence-electron chi connectivity index (χ1n) is 7.64. The number of halogens is 1. The van der Waals surface area contributed by atoms with Crippen molar-refractivity contribution in [2.45, 2.75) is 20.8 Å². The van der Waals surface area contributed by atoms with Gasteiger partial charge in [0, 0.05) is 11.6 Å². The van der Waals surface area contributed by atoms with Gasteiger partial charge in [-0.15, -0.1) is 0 Å². The van der Waals surface area contributed by atoms with Crippen LogP contribution in [0.2, 0.25) is 0 Å². The van der Waals surface area contributed by atoms with Crippen LogP contribution in [0.25, 0.3) is 5.69 Å². The Labute approximate surface area is 139 Å². The Morgan fingerprint density at radius 3 is 2.25 bits per heavy atom. The van der Waals surface area contributed by atoms with Crippen LogP contribution in [-0.4, -0.2) is 15.7 Å². The number of hydrogen-bond acceptors (Lipinski definition) is 2. The summed E-state index contributed by atoms with van der Waals surface area (Å²) in [6, 6.07) is 13.3. The molecule has 24 heavy (non-hydrogen) atoms. The minimum Gasteiger partial charge on any atom is -0.306 e. The van der Waals surface area contributed by atoms with Crippen LogP contribution in [-0.2, 0) is 0 Å². The molecule has 3 aromatic rings. The molecule has 0 bridgehead atoms. The van der Waals surface area contributed by atoms with E-state index in [-0.39, 0.29) is 11.7 Å². The second-order valence-electron chi connectivity index (χ2n) is 5.89. The van der Waals surface area contributed by atoms with Crippen LogP contribution in [0.3, 0.4) is 0 Å². The Morgan fingerprint density at radius 2 is 1.62 bits per heavy atom. The number of hydrogen-bond donors (Lipinski definition) is 1. The highest BCUT2D eigenvalue weighted by atomic mass is 19.1.